The van der Waals surface area contributed by atoms with Gasteiger partial charge in [-0.15, -0.1) is 0 Å². The molecule has 0 bridgehead atoms. The third-order valence-corrected chi connectivity index (χ3v) is 4.53. The summed E-state index contributed by atoms with van der Waals surface area (Å²) in [6.45, 7) is 2.45. The lowest BCUT2D eigenvalue weighted by Gasteiger charge is -2.46. The Labute approximate surface area is 115 Å². The standard InChI is InChI=1S/C14H27NO4/c1-15-12(13(16-2)17-3)11-4-7-19-14(10-11)5-8-18-9-6-14/h11-13,15H,4-10H2,1-3H3. The first-order valence-electron chi connectivity index (χ1n) is 7.19. The number of likely N-dealkylation sites (N-methyl/N-ethyl adjacent to an activating group) is 1. The van der Waals surface area contributed by atoms with Crippen LogP contribution < -0.4 is 5.32 Å². The number of hydrogen-bond acceptors (Lipinski definition) is 5. The van der Waals surface area contributed by atoms with Crippen molar-refractivity contribution in [3.63, 3.8) is 0 Å². The highest BCUT2D eigenvalue weighted by atomic mass is 16.7. The van der Waals surface area contributed by atoms with Crippen molar-refractivity contribution in [2.75, 3.05) is 41.1 Å². The molecule has 112 valence electrons. The smallest absolute Gasteiger partial charge is 0.172 e. The summed E-state index contributed by atoms with van der Waals surface area (Å²) in [5.41, 5.74) is 0.0162. The molecule has 2 heterocycles. The van der Waals surface area contributed by atoms with Gasteiger partial charge in [-0.1, -0.05) is 0 Å². The summed E-state index contributed by atoms with van der Waals surface area (Å²) in [6.07, 6.45) is 3.92. The molecule has 2 aliphatic rings. The molecule has 2 atom stereocenters. The molecule has 1 spiro atoms. The summed E-state index contributed by atoms with van der Waals surface area (Å²) in [6, 6.07) is 0.207. The number of rotatable bonds is 5. The monoisotopic (exact) mass is 273 g/mol. The van der Waals surface area contributed by atoms with Crippen LogP contribution in [-0.2, 0) is 18.9 Å². The molecule has 2 rings (SSSR count). The van der Waals surface area contributed by atoms with E-state index in [0.717, 1.165) is 45.5 Å². The Balaban J connectivity index is 2.02. The minimum atomic E-state index is -0.204. The number of nitrogens with one attached hydrogen (secondary N) is 1. The Morgan fingerprint density at radius 2 is 1.84 bits per heavy atom. The fourth-order valence-electron chi connectivity index (χ4n) is 3.45. The number of hydrogen-bond donors (Lipinski definition) is 1. The van der Waals surface area contributed by atoms with Crippen LogP contribution in [0.1, 0.15) is 25.7 Å². The number of ether oxygens (including phenoxy) is 4. The van der Waals surface area contributed by atoms with Gasteiger partial charge in [0, 0.05) is 34.0 Å². The normalized spacial score (nSPS) is 28.7. The molecule has 0 aliphatic carbocycles. The first kappa shape index (κ1) is 15.2. The van der Waals surface area contributed by atoms with Gasteiger partial charge >= 0.3 is 0 Å². The van der Waals surface area contributed by atoms with Crippen molar-refractivity contribution < 1.29 is 18.9 Å². The van der Waals surface area contributed by atoms with Gasteiger partial charge in [-0.25, -0.2) is 0 Å². The van der Waals surface area contributed by atoms with Crippen molar-refractivity contribution >= 4 is 0 Å². The Morgan fingerprint density at radius 1 is 1.16 bits per heavy atom. The van der Waals surface area contributed by atoms with E-state index in [1.807, 2.05) is 7.05 Å². The molecule has 1 N–H and O–H groups in total. The van der Waals surface area contributed by atoms with Crippen molar-refractivity contribution in [3.05, 3.63) is 0 Å². The molecule has 0 aromatic heterocycles. The molecule has 0 radical (unpaired) electrons. The predicted molar refractivity (Wildman–Crippen MR) is 72.1 cm³/mol. The van der Waals surface area contributed by atoms with Crippen LogP contribution in [0.25, 0.3) is 0 Å². The summed E-state index contributed by atoms with van der Waals surface area (Å²) in [5, 5.41) is 3.36. The maximum absolute atomic E-state index is 6.09. The zero-order valence-corrected chi connectivity index (χ0v) is 12.3. The van der Waals surface area contributed by atoms with Gasteiger partial charge in [-0.3, -0.25) is 0 Å². The van der Waals surface area contributed by atoms with Gasteiger partial charge in [0.15, 0.2) is 6.29 Å². The third kappa shape index (κ3) is 3.47. The van der Waals surface area contributed by atoms with Crippen LogP contribution in [0.3, 0.4) is 0 Å². The maximum Gasteiger partial charge on any atom is 0.172 e. The van der Waals surface area contributed by atoms with Gasteiger partial charge in [0.1, 0.15) is 0 Å². The van der Waals surface area contributed by atoms with Gasteiger partial charge < -0.3 is 24.3 Å². The highest BCUT2D eigenvalue weighted by Crippen LogP contribution is 2.38. The van der Waals surface area contributed by atoms with Crippen LogP contribution in [0.4, 0.5) is 0 Å². The van der Waals surface area contributed by atoms with E-state index in [0.29, 0.717) is 5.92 Å². The van der Waals surface area contributed by atoms with Gasteiger partial charge in [-0.05, 0) is 38.6 Å². The largest absolute Gasteiger partial charge is 0.381 e. The molecule has 5 nitrogen and oxygen atoms in total. The van der Waals surface area contributed by atoms with E-state index in [-0.39, 0.29) is 17.9 Å². The van der Waals surface area contributed by atoms with Gasteiger partial charge in [0.25, 0.3) is 0 Å². The van der Waals surface area contributed by atoms with Gasteiger partial charge in [0.05, 0.1) is 11.6 Å². The molecule has 2 fully saturated rings. The Kier molecular flexibility index (Phi) is 5.59. The minimum Gasteiger partial charge on any atom is -0.381 e. The van der Waals surface area contributed by atoms with E-state index in [4.69, 9.17) is 18.9 Å². The lowest BCUT2D eigenvalue weighted by molar-refractivity contribution is -0.175. The quantitative estimate of drug-likeness (QED) is 0.762. The Bertz CT molecular complexity index is 259. The molecule has 0 amide bonds. The fraction of sp³-hybridized carbons (Fsp3) is 1.00. The average Bonchev–Trinajstić information content (AvgIpc) is 2.45. The van der Waals surface area contributed by atoms with Crippen molar-refractivity contribution in [2.24, 2.45) is 5.92 Å². The Hall–Kier alpha value is -0.200. The topological polar surface area (TPSA) is 49.0 Å². The minimum absolute atomic E-state index is 0.0162. The summed E-state index contributed by atoms with van der Waals surface area (Å²) in [5.74, 6) is 0.516. The van der Waals surface area contributed by atoms with Crippen LogP contribution in [0.15, 0.2) is 0 Å². The summed E-state index contributed by atoms with van der Waals surface area (Å²) in [7, 11) is 5.37. The summed E-state index contributed by atoms with van der Waals surface area (Å²) < 4.78 is 22.4. The first-order valence-corrected chi connectivity index (χ1v) is 7.19. The zero-order valence-electron chi connectivity index (χ0n) is 12.3. The molecular weight excluding hydrogens is 246 g/mol. The van der Waals surface area contributed by atoms with Crippen LogP contribution in [-0.4, -0.2) is 59.0 Å². The molecule has 0 aromatic carbocycles. The second-order valence-corrected chi connectivity index (χ2v) is 5.55. The van der Waals surface area contributed by atoms with Gasteiger partial charge in [0.2, 0.25) is 0 Å². The zero-order chi connectivity index (χ0) is 13.7. The molecule has 2 aliphatic heterocycles. The van der Waals surface area contributed by atoms with Crippen molar-refractivity contribution in [2.45, 2.75) is 43.6 Å². The van der Waals surface area contributed by atoms with Crippen LogP contribution in [0.5, 0.6) is 0 Å². The summed E-state index contributed by atoms with van der Waals surface area (Å²) >= 11 is 0. The molecule has 0 aromatic rings. The lowest BCUT2D eigenvalue weighted by Crippen LogP contribution is -2.53. The molecule has 5 heteroatoms. The maximum atomic E-state index is 6.09. The van der Waals surface area contributed by atoms with E-state index in [9.17, 15) is 0 Å². The van der Waals surface area contributed by atoms with E-state index in [1.165, 1.54) is 0 Å². The third-order valence-electron chi connectivity index (χ3n) is 4.53. The van der Waals surface area contributed by atoms with E-state index in [2.05, 4.69) is 5.32 Å². The van der Waals surface area contributed by atoms with E-state index >= 15 is 0 Å². The molecule has 2 saturated heterocycles. The fourth-order valence-corrected chi connectivity index (χ4v) is 3.45. The molecule has 19 heavy (non-hydrogen) atoms. The number of methoxy groups -OCH3 is 2. The summed E-state index contributed by atoms with van der Waals surface area (Å²) in [4.78, 5) is 0. The molecular formula is C14H27NO4. The first-order chi connectivity index (χ1) is 9.24. The second-order valence-electron chi connectivity index (χ2n) is 5.55. The van der Waals surface area contributed by atoms with Crippen LogP contribution >= 0.6 is 0 Å². The SMILES string of the molecule is CNC(C1CCOC2(CCOCC2)C1)C(OC)OC. The lowest BCUT2D eigenvalue weighted by atomic mass is 9.77. The van der Waals surface area contributed by atoms with E-state index < -0.39 is 0 Å². The van der Waals surface area contributed by atoms with Crippen molar-refractivity contribution in [3.8, 4) is 0 Å². The highest BCUT2D eigenvalue weighted by molar-refractivity contribution is 4.93. The predicted octanol–water partition coefficient (Wildman–Crippen LogP) is 1.17. The Morgan fingerprint density at radius 3 is 2.42 bits per heavy atom. The highest BCUT2D eigenvalue weighted by Gasteiger charge is 2.42. The van der Waals surface area contributed by atoms with Crippen molar-refractivity contribution in [1.29, 1.82) is 0 Å². The van der Waals surface area contributed by atoms with Crippen LogP contribution in [0.2, 0.25) is 0 Å². The second kappa shape index (κ2) is 6.99. The van der Waals surface area contributed by atoms with E-state index in [1.54, 1.807) is 14.2 Å². The molecule has 2 unspecified atom stereocenters. The molecule has 0 saturated carbocycles. The average molecular weight is 273 g/mol. The van der Waals surface area contributed by atoms with Crippen molar-refractivity contribution in [1.82, 2.24) is 5.32 Å². The van der Waals surface area contributed by atoms with Gasteiger partial charge in [-0.2, -0.15) is 0 Å². The van der Waals surface area contributed by atoms with Crippen LogP contribution in [0, 0.1) is 5.92 Å².